The highest BCUT2D eigenvalue weighted by Gasteiger charge is 2.25. The summed E-state index contributed by atoms with van der Waals surface area (Å²) in [5.74, 6) is 0.174. The lowest BCUT2D eigenvalue weighted by Crippen LogP contribution is -2.48. The minimum Gasteiger partial charge on any atom is -0.354 e. The van der Waals surface area contributed by atoms with Crippen molar-refractivity contribution in [3.05, 3.63) is 65.7 Å². The molecule has 0 saturated heterocycles. The smallest absolute Gasteiger partial charge is 0.242 e. The van der Waals surface area contributed by atoms with E-state index in [0.29, 0.717) is 18.8 Å². The average molecular weight is 399 g/mol. The van der Waals surface area contributed by atoms with Gasteiger partial charge in [0.1, 0.15) is 6.04 Å². The summed E-state index contributed by atoms with van der Waals surface area (Å²) in [5.41, 5.74) is 2.21. The molecule has 0 radical (unpaired) electrons. The fraction of sp³-hybridized carbons (Fsp3) is 0.391. The minimum absolute atomic E-state index is 0.0347. The number of unbranched alkanes of at least 4 members (excludes halogenated alkanes) is 1. The van der Waals surface area contributed by atoms with Crippen LogP contribution in [0.5, 0.6) is 0 Å². The molecule has 0 aromatic heterocycles. The topological polar surface area (TPSA) is 49.4 Å². The number of rotatable bonds is 10. The lowest BCUT2D eigenvalue weighted by atomic mass is 10.1. The molecule has 2 aromatic rings. The third-order valence-electron chi connectivity index (χ3n) is 4.58. The van der Waals surface area contributed by atoms with Crippen molar-refractivity contribution in [2.75, 3.05) is 12.3 Å². The summed E-state index contributed by atoms with van der Waals surface area (Å²) in [6, 6.07) is 17.4. The molecular weight excluding hydrogens is 368 g/mol. The Hall–Kier alpha value is -2.27. The molecule has 1 N–H and O–H groups in total. The maximum atomic E-state index is 13.0. The molecular formula is C23H30N2O2S. The molecule has 0 aliphatic carbocycles. The maximum absolute atomic E-state index is 13.0. The fourth-order valence-corrected chi connectivity index (χ4v) is 3.55. The quantitative estimate of drug-likeness (QED) is 0.476. The van der Waals surface area contributed by atoms with Gasteiger partial charge in [-0.25, -0.2) is 0 Å². The monoisotopic (exact) mass is 398 g/mol. The molecule has 4 nitrogen and oxygen atoms in total. The summed E-state index contributed by atoms with van der Waals surface area (Å²) >= 11 is 1.50. The standard InChI is InChI=1S/C23H30N2O2S/c1-4-5-15-24-23(27)19(3)25(16-20-9-7-6-8-10-20)22(26)17-28-21-13-11-18(2)12-14-21/h6-14,19H,4-5,15-17H2,1-3H3,(H,24,27)/t19-/m1/s1. The van der Waals surface area contributed by atoms with Crippen LogP contribution in [0.3, 0.4) is 0 Å². The van der Waals surface area contributed by atoms with E-state index < -0.39 is 6.04 Å². The molecule has 150 valence electrons. The van der Waals surface area contributed by atoms with Crippen molar-refractivity contribution in [3.8, 4) is 0 Å². The van der Waals surface area contributed by atoms with Crippen LogP contribution < -0.4 is 5.32 Å². The Morgan fingerprint density at radius 1 is 1.07 bits per heavy atom. The molecule has 0 heterocycles. The van der Waals surface area contributed by atoms with E-state index in [-0.39, 0.29) is 11.8 Å². The van der Waals surface area contributed by atoms with E-state index in [9.17, 15) is 9.59 Å². The summed E-state index contributed by atoms with van der Waals surface area (Å²) in [6.07, 6.45) is 1.96. The zero-order chi connectivity index (χ0) is 20.4. The Balaban J connectivity index is 2.06. The second kappa shape index (κ2) is 11.5. The van der Waals surface area contributed by atoms with Crippen molar-refractivity contribution in [2.24, 2.45) is 0 Å². The number of amides is 2. The Bertz CT molecular complexity index is 747. The molecule has 0 aliphatic rings. The van der Waals surface area contributed by atoms with Crippen LogP contribution in [0.2, 0.25) is 0 Å². The molecule has 0 fully saturated rings. The summed E-state index contributed by atoms with van der Waals surface area (Å²) in [4.78, 5) is 28.3. The van der Waals surface area contributed by atoms with Crippen molar-refractivity contribution in [1.82, 2.24) is 10.2 Å². The van der Waals surface area contributed by atoms with E-state index in [2.05, 4.69) is 12.2 Å². The molecule has 2 amide bonds. The minimum atomic E-state index is -0.511. The van der Waals surface area contributed by atoms with Crippen LogP contribution in [0.1, 0.15) is 37.8 Å². The number of hydrogen-bond acceptors (Lipinski definition) is 3. The zero-order valence-electron chi connectivity index (χ0n) is 17.0. The molecule has 2 rings (SSSR count). The van der Waals surface area contributed by atoms with Gasteiger partial charge in [0.2, 0.25) is 11.8 Å². The fourth-order valence-electron chi connectivity index (χ4n) is 2.76. The number of thioether (sulfide) groups is 1. The highest BCUT2D eigenvalue weighted by molar-refractivity contribution is 8.00. The molecule has 0 unspecified atom stereocenters. The summed E-state index contributed by atoms with van der Waals surface area (Å²) in [6.45, 7) is 7.00. The van der Waals surface area contributed by atoms with Gasteiger partial charge in [0, 0.05) is 18.0 Å². The normalized spacial score (nSPS) is 11.7. The van der Waals surface area contributed by atoms with E-state index in [1.807, 2.05) is 61.5 Å². The van der Waals surface area contributed by atoms with E-state index in [4.69, 9.17) is 0 Å². The van der Waals surface area contributed by atoms with Crippen LogP contribution in [-0.2, 0) is 16.1 Å². The largest absolute Gasteiger partial charge is 0.354 e. The van der Waals surface area contributed by atoms with Gasteiger partial charge in [-0.3, -0.25) is 9.59 Å². The van der Waals surface area contributed by atoms with Crippen LogP contribution in [0, 0.1) is 6.92 Å². The van der Waals surface area contributed by atoms with Gasteiger partial charge in [0.25, 0.3) is 0 Å². The number of benzene rings is 2. The van der Waals surface area contributed by atoms with Gasteiger partial charge in [-0.2, -0.15) is 0 Å². The third-order valence-corrected chi connectivity index (χ3v) is 5.57. The molecule has 0 saturated carbocycles. The first-order chi connectivity index (χ1) is 13.5. The molecule has 2 aromatic carbocycles. The molecule has 1 atom stereocenters. The third kappa shape index (κ3) is 7.04. The van der Waals surface area contributed by atoms with Crippen molar-refractivity contribution in [2.45, 2.75) is 51.1 Å². The van der Waals surface area contributed by atoms with Gasteiger partial charge in [-0.1, -0.05) is 61.4 Å². The highest BCUT2D eigenvalue weighted by atomic mass is 32.2. The Morgan fingerprint density at radius 2 is 1.75 bits per heavy atom. The van der Waals surface area contributed by atoms with E-state index in [1.165, 1.54) is 17.3 Å². The number of nitrogens with zero attached hydrogens (tertiary/aromatic N) is 1. The molecule has 28 heavy (non-hydrogen) atoms. The number of hydrogen-bond donors (Lipinski definition) is 1. The number of carbonyl (C=O) groups is 2. The van der Waals surface area contributed by atoms with Crippen molar-refractivity contribution < 1.29 is 9.59 Å². The van der Waals surface area contributed by atoms with Crippen LogP contribution in [0.15, 0.2) is 59.5 Å². The van der Waals surface area contributed by atoms with Crippen molar-refractivity contribution in [3.63, 3.8) is 0 Å². The first-order valence-corrected chi connectivity index (χ1v) is 10.8. The predicted octanol–water partition coefficient (Wildman–Crippen LogP) is 4.42. The predicted molar refractivity (Wildman–Crippen MR) is 116 cm³/mol. The maximum Gasteiger partial charge on any atom is 0.242 e. The second-order valence-corrected chi connectivity index (χ2v) is 7.98. The highest BCUT2D eigenvalue weighted by Crippen LogP contribution is 2.20. The Labute approximate surface area is 172 Å². The van der Waals surface area contributed by atoms with Gasteiger partial charge in [-0.15, -0.1) is 11.8 Å². The summed E-state index contributed by atoms with van der Waals surface area (Å²) in [7, 11) is 0. The van der Waals surface area contributed by atoms with Crippen LogP contribution >= 0.6 is 11.8 Å². The van der Waals surface area contributed by atoms with Crippen molar-refractivity contribution in [1.29, 1.82) is 0 Å². The number of aryl methyl sites for hydroxylation is 1. The van der Waals surface area contributed by atoms with Gasteiger partial charge in [0.15, 0.2) is 0 Å². The molecule has 5 heteroatoms. The molecule has 0 bridgehead atoms. The number of carbonyl (C=O) groups excluding carboxylic acids is 2. The van der Waals surface area contributed by atoms with Gasteiger partial charge >= 0.3 is 0 Å². The van der Waals surface area contributed by atoms with Crippen LogP contribution in [0.25, 0.3) is 0 Å². The first-order valence-electron chi connectivity index (χ1n) is 9.81. The van der Waals surface area contributed by atoms with Gasteiger partial charge < -0.3 is 10.2 Å². The second-order valence-electron chi connectivity index (χ2n) is 6.93. The Kier molecular flexibility index (Phi) is 9.08. The van der Waals surface area contributed by atoms with Crippen LogP contribution in [-0.4, -0.2) is 35.1 Å². The zero-order valence-corrected chi connectivity index (χ0v) is 17.8. The summed E-state index contributed by atoms with van der Waals surface area (Å²) in [5, 5.41) is 2.94. The van der Waals surface area contributed by atoms with E-state index >= 15 is 0 Å². The van der Waals surface area contributed by atoms with E-state index in [0.717, 1.165) is 23.3 Å². The lowest BCUT2D eigenvalue weighted by molar-refractivity contribution is -0.138. The Morgan fingerprint density at radius 3 is 2.39 bits per heavy atom. The average Bonchev–Trinajstić information content (AvgIpc) is 2.71. The lowest BCUT2D eigenvalue weighted by Gasteiger charge is -2.28. The van der Waals surface area contributed by atoms with Crippen LogP contribution in [0.4, 0.5) is 0 Å². The molecule has 0 spiro atoms. The van der Waals surface area contributed by atoms with E-state index in [1.54, 1.807) is 11.8 Å². The van der Waals surface area contributed by atoms with Gasteiger partial charge in [-0.05, 0) is 38.0 Å². The van der Waals surface area contributed by atoms with Gasteiger partial charge in [0.05, 0.1) is 5.75 Å². The molecule has 0 aliphatic heterocycles. The first kappa shape index (κ1) is 22.0. The SMILES string of the molecule is CCCCNC(=O)[C@@H](C)N(Cc1ccccc1)C(=O)CSc1ccc(C)cc1. The van der Waals surface area contributed by atoms with Crippen molar-refractivity contribution >= 4 is 23.6 Å². The summed E-state index contributed by atoms with van der Waals surface area (Å²) < 4.78 is 0. The number of nitrogens with one attached hydrogen (secondary N) is 1.